The van der Waals surface area contributed by atoms with Gasteiger partial charge in [0, 0.05) is 31.9 Å². The molecule has 0 fully saturated rings. The smallest absolute Gasteiger partial charge is 0.191 e. The zero-order valence-electron chi connectivity index (χ0n) is 17.1. The van der Waals surface area contributed by atoms with Gasteiger partial charge in [0.1, 0.15) is 5.75 Å². The van der Waals surface area contributed by atoms with Crippen molar-refractivity contribution in [2.45, 2.75) is 46.6 Å². The van der Waals surface area contributed by atoms with Gasteiger partial charge in [0.25, 0.3) is 0 Å². The number of ether oxygens (including phenoxy) is 1. The van der Waals surface area contributed by atoms with Gasteiger partial charge in [0.05, 0.1) is 12.8 Å². The second kappa shape index (κ2) is 11.3. The molecule has 0 saturated carbocycles. The number of rotatable bonds is 10. The molecule has 27 heavy (non-hydrogen) atoms. The zero-order chi connectivity index (χ0) is 19.5. The number of aromatic nitrogens is 2. The van der Waals surface area contributed by atoms with E-state index in [4.69, 9.17) is 4.74 Å². The number of aryl methyl sites for hydroxylation is 4. The predicted octanol–water partition coefficient (Wildman–Crippen LogP) is 3.09. The summed E-state index contributed by atoms with van der Waals surface area (Å²) in [7, 11) is 1.69. The van der Waals surface area contributed by atoms with Crippen molar-refractivity contribution in [3.8, 4) is 5.75 Å². The van der Waals surface area contributed by atoms with E-state index < -0.39 is 0 Å². The number of guanidine groups is 1. The molecule has 0 aliphatic heterocycles. The van der Waals surface area contributed by atoms with E-state index in [9.17, 15) is 0 Å². The summed E-state index contributed by atoms with van der Waals surface area (Å²) in [6.45, 7) is 9.66. The molecule has 0 unspecified atom stereocenters. The fraction of sp³-hybridized carbons (Fsp3) is 0.524. The molecule has 0 aliphatic rings. The Bertz CT molecular complexity index is 706. The Morgan fingerprint density at radius 1 is 1.15 bits per heavy atom. The third kappa shape index (κ3) is 7.33. The van der Waals surface area contributed by atoms with Gasteiger partial charge in [-0.1, -0.05) is 12.1 Å². The van der Waals surface area contributed by atoms with E-state index >= 15 is 0 Å². The molecule has 2 rings (SSSR count). The quantitative estimate of drug-likeness (QED) is 0.383. The van der Waals surface area contributed by atoms with Crippen molar-refractivity contribution in [2.24, 2.45) is 4.99 Å². The van der Waals surface area contributed by atoms with Gasteiger partial charge in [-0.2, -0.15) is 5.10 Å². The lowest BCUT2D eigenvalue weighted by Crippen LogP contribution is -2.38. The van der Waals surface area contributed by atoms with E-state index in [1.165, 1.54) is 11.3 Å². The average molecular weight is 372 g/mol. The van der Waals surface area contributed by atoms with E-state index in [2.05, 4.69) is 57.5 Å². The highest BCUT2D eigenvalue weighted by Gasteiger charge is 2.01. The van der Waals surface area contributed by atoms with Crippen LogP contribution in [0, 0.1) is 13.8 Å². The summed E-state index contributed by atoms with van der Waals surface area (Å²) >= 11 is 0. The molecule has 2 aromatic rings. The Labute approximate surface area is 163 Å². The number of hydrogen-bond acceptors (Lipinski definition) is 3. The molecule has 1 aromatic carbocycles. The lowest BCUT2D eigenvalue weighted by atomic mass is 10.1. The first-order valence-corrected chi connectivity index (χ1v) is 9.78. The molecule has 6 nitrogen and oxygen atoms in total. The Morgan fingerprint density at radius 2 is 1.93 bits per heavy atom. The lowest BCUT2D eigenvalue weighted by molar-refractivity contribution is 0.414. The Balaban J connectivity index is 1.70. The number of nitrogens with one attached hydrogen (secondary N) is 2. The summed E-state index contributed by atoms with van der Waals surface area (Å²) in [6, 6.07) is 10.4. The summed E-state index contributed by atoms with van der Waals surface area (Å²) in [6.07, 6.45) is 3.07. The van der Waals surface area contributed by atoms with Crippen molar-refractivity contribution in [3.63, 3.8) is 0 Å². The van der Waals surface area contributed by atoms with Gasteiger partial charge in [-0.05, 0) is 63.8 Å². The van der Waals surface area contributed by atoms with Crippen LogP contribution in [0.2, 0.25) is 0 Å². The average Bonchev–Trinajstić information content (AvgIpc) is 2.99. The molecule has 0 aliphatic carbocycles. The van der Waals surface area contributed by atoms with Crippen molar-refractivity contribution in [3.05, 3.63) is 47.3 Å². The molecule has 0 atom stereocenters. The van der Waals surface area contributed by atoms with Crippen LogP contribution in [0.3, 0.4) is 0 Å². The fourth-order valence-corrected chi connectivity index (χ4v) is 2.95. The first kappa shape index (κ1) is 20.8. The monoisotopic (exact) mass is 371 g/mol. The van der Waals surface area contributed by atoms with Crippen LogP contribution in [0.15, 0.2) is 35.3 Å². The summed E-state index contributed by atoms with van der Waals surface area (Å²) < 4.78 is 7.25. The number of methoxy groups -OCH3 is 1. The topological polar surface area (TPSA) is 63.5 Å². The Kier molecular flexibility index (Phi) is 8.68. The molecule has 2 N–H and O–H groups in total. The van der Waals surface area contributed by atoms with Crippen LogP contribution >= 0.6 is 0 Å². The summed E-state index contributed by atoms with van der Waals surface area (Å²) in [5, 5.41) is 11.2. The standard InChI is InChI=1S/C21H33N5O/c1-5-22-21(24-14-7-15-26-18(3)16-17(2)25-26)23-13-6-8-19-9-11-20(27-4)12-10-19/h9-12,16H,5-8,13-15H2,1-4H3,(H2,22,23,24). The highest BCUT2D eigenvalue weighted by atomic mass is 16.5. The molecule has 1 heterocycles. The maximum absolute atomic E-state index is 5.19. The Morgan fingerprint density at radius 3 is 2.56 bits per heavy atom. The predicted molar refractivity (Wildman–Crippen MR) is 112 cm³/mol. The van der Waals surface area contributed by atoms with Crippen molar-refractivity contribution in [1.29, 1.82) is 0 Å². The normalized spacial score (nSPS) is 11.5. The number of hydrogen-bond donors (Lipinski definition) is 2. The van der Waals surface area contributed by atoms with Crippen LogP contribution < -0.4 is 15.4 Å². The van der Waals surface area contributed by atoms with Gasteiger partial charge in [-0.25, -0.2) is 0 Å². The first-order chi connectivity index (χ1) is 13.1. The van der Waals surface area contributed by atoms with Gasteiger partial charge >= 0.3 is 0 Å². The molecule has 0 saturated heterocycles. The molecular weight excluding hydrogens is 338 g/mol. The number of nitrogens with zero attached hydrogens (tertiary/aromatic N) is 3. The molecule has 0 spiro atoms. The van der Waals surface area contributed by atoms with Crippen LogP contribution in [-0.2, 0) is 13.0 Å². The lowest BCUT2D eigenvalue weighted by Gasteiger charge is -2.11. The minimum Gasteiger partial charge on any atom is -0.497 e. The van der Waals surface area contributed by atoms with Crippen LogP contribution in [0.1, 0.15) is 36.7 Å². The highest BCUT2D eigenvalue weighted by Crippen LogP contribution is 2.12. The van der Waals surface area contributed by atoms with E-state index in [0.29, 0.717) is 0 Å². The molecule has 0 bridgehead atoms. The summed E-state index contributed by atoms with van der Waals surface area (Å²) in [4.78, 5) is 4.67. The van der Waals surface area contributed by atoms with Crippen molar-refractivity contribution < 1.29 is 4.74 Å². The van der Waals surface area contributed by atoms with Crippen LogP contribution in [0.5, 0.6) is 5.75 Å². The molecule has 0 amide bonds. The molecular formula is C21H33N5O. The van der Waals surface area contributed by atoms with E-state index in [1.807, 2.05) is 19.1 Å². The summed E-state index contributed by atoms with van der Waals surface area (Å²) in [5.74, 6) is 1.79. The van der Waals surface area contributed by atoms with Crippen LogP contribution in [0.4, 0.5) is 0 Å². The van der Waals surface area contributed by atoms with Gasteiger partial charge < -0.3 is 15.4 Å². The van der Waals surface area contributed by atoms with Gasteiger partial charge in [-0.3, -0.25) is 9.67 Å². The number of benzene rings is 1. The largest absolute Gasteiger partial charge is 0.497 e. The second-order valence-electron chi connectivity index (χ2n) is 6.64. The molecule has 6 heteroatoms. The molecule has 148 valence electrons. The molecule has 0 radical (unpaired) electrons. The third-order valence-electron chi connectivity index (χ3n) is 4.34. The fourth-order valence-electron chi connectivity index (χ4n) is 2.95. The van der Waals surface area contributed by atoms with Crippen molar-refractivity contribution >= 4 is 5.96 Å². The zero-order valence-corrected chi connectivity index (χ0v) is 17.1. The van der Waals surface area contributed by atoms with Crippen LogP contribution in [0.25, 0.3) is 0 Å². The van der Waals surface area contributed by atoms with Crippen molar-refractivity contribution in [1.82, 2.24) is 20.4 Å². The van der Waals surface area contributed by atoms with E-state index in [-0.39, 0.29) is 0 Å². The second-order valence-corrected chi connectivity index (χ2v) is 6.64. The Hall–Kier alpha value is -2.50. The number of aliphatic imine (C=N–C) groups is 1. The molecule has 1 aromatic heterocycles. The van der Waals surface area contributed by atoms with E-state index in [0.717, 1.165) is 62.8 Å². The van der Waals surface area contributed by atoms with Gasteiger partial charge in [0.15, 0.2) is 5.96 Å². The van der Waals surface area contributed by atoms with Gasteiger partial charge in [0.2, 0.25) is 0 Å². The van der Waals surface area contributed by atoms with Crippen LogP contribution in [-0.4, -0.2) is 42.5 Å². The minimum atomic E-state index is 0.784. The van der Waals surface area contributed by atoms with E-state index in [1.54, 1.807) is 7.11 Å². The SMILES string of the molecule is CCNC(=NCCCn1nc(C)cc1C)NCCCc1ccc(OC)cc1. The van der Waals surface area contributed by atoms with Crippen molar-refractivity contribution in [2.75, 3.05) is 26.7 Å². The minimum absolute atomic E-state index is 0.784. The summed E-state index contributed by atoms with van der Waals surface area (Å²) in [5.41, 5.74) is 3.60. The first-order valence-electron chi connectivity index (χ1n) is 9.78. The highest BCUT2D eigenvalue weighted by molar-refractivity contribution is 5.79. The third-order valence-corrected chi connectivity index (χ3v) is 4.34. The maximum Gasteiger partial charge on any atom is 0.191 e. The van der Waals surface area contributed by atoms with Gasteiger partial charge in [-0.15, -0.1) is 0 Å². The maximum atomic E-state index is 5.19.